The van der Waals surface area contributed by atoms with E-state index in [9.17, 15) is 15.0 Å². The van der Waals surface area contributed by atoms with E-state index in [1.165, 1.54) is 0 Å². The lowest BCUT2D eigenvalue weighted by molar-refractivity contribution is 0.0577. The Morgan fingerprint density at radius 1 is 1.33 bits per heavy atom. The molecule has 0 heterocycles. The Labute approximate surface area is 107 Å². The van der Waals surface area contributed by atoms with Gasteiger partial charge in [-0.1, -0.05) is 0 Å². The lowest BCUT2D eigenvalue weighted by atomic mass is 9.94. The third-order valence-corrected chi connectivity index (χ3v) is 3.80. The molecule has 18 heavy (non-hydrogen) atoms. The van der Waals surface area contributed by atoms with Crippen molar-refractivity contribution < 1.29 is 10.2 Å². The zero-order chi connectivity index (χ0) is 13.7. The molecule has 0 fully saturated rings. The molecule has 2 rings (SSSR count). The fourth-order valence-electron chi connectivity index (χ4n) is 2.67. The van der Waals surface area contributed by atoms with Crippen LogP contribution in [0, 0.1) is 6.92 Å². The normalized spacial score (nSPS) is 23.0. The van der Waals surface area contributed by atoms with Crippen LogP contribution in [0.2, 0.25) is 0 Å². The van der Waals surface area contributed by atoms with Crippen molar-refractivity contribution in [2.45, 2.75) is 51.7 Å². The predicted octanol–water partition coefficient (Wildman–Crippen LogP) is 1.74. The molecule has 1 aliphatic rings. The van der Waals surface area contributed by atoms with Crippen LogP contribution in [0.15, 0.2) is 16.9 Å². The van der Waals surface area contributed by atoms with E-state index in [-0.39, 0.29) is 5.43 Å². The second kappa shape index (κ2) is 3.90. The number of hydrogen-bond acceptors (Lipinski definition) is 3. The first-order valence-corrected chi connectivity index (χ1v) is 6.26. The summed E-state index contributed by atoms with van der Waals surface area (Å²) < 4.78 is 0. The summed E-state index contributed by atoms with van der Waals surface area (Å²) in [7, 11) is 0. The van der Waals surface area contributed by atoms with E-state index in [0.717, 1.165) is 23.1 Å². The zero-order valence-electron chi connectivity index (χ0n) is 11.4. The average molecular weight is 248 g/mol. The van der Waals surface area contributed by atoms with E-state index in [0.29, 0.717) is 12.0 Å². The summed E-state index contributed by atoms with van der Waals surface area (Å²) in [6, 6.07) is 3.24. The molecule has 0 unspecified atom stereocenters. The maximum Gasteiger partial charge on any atom is 0.184 e. The van der Waals surface area contributed by atoms with Gasteiger partial charge in [0, 0.05) is 5.56 Å². The van der Waals surface area contributed by atoms with Gasteiger partial charge in [-0.15, -0.1) is 0 Å². The molecule has 0 saturated heterocycles. The van der Waals surface area contributed by atoms with E-state index < -0.39 is 11.2 Å². The van der Waals surface area contributed by atoms with Crippen molar-refractivity contribution in [3.63, 3.8) is 0 Å². The molecule has 1 atom stereocenters. The van der Waals surface area contributed by atoms with Gasteiger partial charge >= 0.3 is 0 Å². The molecule has 0 aromatic heterocycles. The standard InChI is InChI=1S/C15H20O3/c1-9-7-13(16)12(14(2,3)17)8-11-10(9)5-6-15(11,4)18/h7-8,17-18H,5-6H2,1-4H3/t15-/m0/s1. The van der Waals surface area contributed by atoms with Crippen LogP contribution in [0.3, 0.4) is 0 Å². The largest absolute Gasteiger partial charge is 0.386 e. The zero-order valence-corrected chi connectivity index (χ0v) is 11.4. The minimum atomic E-state index is -1.20. The lowest BCUT2D eigenvalue weighted by Crippen LogP contribution is -2.25. The van der Waals surface area contributed by atoms with Gasteiger partial charge in [0.15, 0.2) is 5.43 Å². The molecule has 2 N–H and O–H groups in total. The quantitative estimate of drug-likeness (QED) is 0.796. The van der Waals surface area contributed by atoms with Gasteiger partial charge in [0.2, 0.25) is 0 Å². The molecule has 0 amide bonds. The Morgan fingerprint density at radius 2 is 1.94 bits per heavy atom. The van der Waals surface area contributed by atoms with E-state index in [1.54, 1.807) is 32.9 Å². The van der Waals surface area contributed by atoms with Crippen LogP contribution in [-0.2, 0) is 17.6 Å². The predicted molar refractivity (Wildman–Crippen MR) is 70.6 cm³/mol. The Balaban J connectivity index is 2.84. The maximum absolute atomic E-state index is 12.1. The second-order valence-electron chi connectivity index (χ2n) is 5.97. The molecule has 1 aromatic carbocycles. The van der Waals surface area contributed by atoms with Crippen molar-refractivity contribution in [1.82, 2.24) is 0 Å². The molecule has 3 heteroatoms. The number of fused-ring (bicyclic) bond motifs is 1. The maximum atomic E-state index is 12.1. The molecular weight excluding hydrogens is 228 g/mol. The molecule has 0 saturated carbocycles. The Bertz CT molecular complexity index is 551. The van der Waals surface area contributed by atoms with E-state index in [4.69, 9.17) is 0 Å². The molecule has 0 bridgehead atoms. The molecule has 1 aromatic rings. The van der Waals surface area contributed by atoms with Gasteiger partial charge in [-0.05, 0) is 69.4 Å². The van der Waals surface area contributed by atoms with Crippen molar-refractivity contribution in [2.24, 2.45) is 0 Å². The molecule has 0 radical (unpaired) electrons. The van der Waals surface area contributed by atoms with Crippen molar-refractivity contribution in [1.29, 1.82) is 0 Å². The van der Waals surface area contributed by atoms with Gasteiger partial charge in [0.05, 0.1) is 11.2 Å². The average Bonchev–Trinajstić information content (AvgIpc) is 2.39. The van der Waals surface area contributed by atoms with Crippen molar-refractivity contribution in [3.8, 4) is 0 Å². The molecule has 98 valence electrons. The van der Waals surface area contributed by atoms with E-state index in [1.807, 2.05) is 6.92 Å². The summed E-state index contributed by atoms with van der Waals surface area (Å²) in [5, 5.41) is 20.5. The number of aliphatic hydroxyl groups is 2. The Kier molecular flexibility index (Phi) is 2.87. The fourth-order valence-corrected chi connectivity index (χ4v) is 2.67. The highest BCUT2D eigenvalue weighted by Gasteiger charge is 2.34. The van der Waals surface area contributed by atoms with Crippen LogP contribution in [-0.4, -0.2) is 10.2 Å². The molecule has 3 nitrogen and oxygen atoms in total. The molecule has 0 spiro atoms. The SMILES string of the molecule is Cc1cc(=O)c(C(C)(C)O)cc2c1CC[C@]2(C)O. The van der Waals surface area contributed by atoms with Crippen LogP contribution in [0.1, 0.15) is 49.4 Å². The van der Waals surface area contributed by atoms with E-state index >= 15 is 0 Å². The summed E-state index contributed by atoms with van der Waals surface area (Å²) in [4.78, 5) is 12.1. The highest BCUT2D eigenvalue weighted by molar-refractivity contribution is 5.43. The highest BCUT2D eigenvalue weighted by atomic mass is 16.3. The van der Waals surface area contributed by atoms with Crippen molar-refractivity contribution in [3.05, 3.63) is 44.6 Å². The van der Waals surface area contributed by atoms with Gasteiger partial charge < -0.3 is 10.2 Å². The molecule has 1 aliphatic carbocycles. The van der Waals surface area contributed by atoms with Crippen LogP contribution in [0.25, 0.3) is 0 Å². The number of rotatable bonds is 1. The smallest absolute Gasteiger partial charge is 0.184 e. The van der Waals surface area contributed by atoms with Gasteiger partial charge in [0.1, 0.15) is 0 Å². The summed E-state index contributed by atoms with van der Waals surface area (Å²) >= 11 is 0. The fraction of sp³-hybridized carbons (Fsp3) is 0.533. The van der Waals surface area contributed by atoms with Gasteiger partial charge in [-0.3, -0.25) is 4.79 Å². The first-order chi connectivity index (χ1) is 8.13. The van der Waals surface area contributed by atoms with Gasteiger partial charge in [-0.2, -0.15) is 0 Å². The minimum absolute atomic E-state index is 0.176. The van der Waals surface area contributed by atoms with Crippen molar-refractivity contribution in [2.75, 3.05) is 0 Å². The summed E-state index contributed by atoms with van der Waals surface area (Å²) in [5.41, 5.74) is 0.759. The van der Waals surface area contributed by atoms with E-state index in [2.05, 4.69) is 0 Å². The van der Waals surface area contributed by atoms with Crippen LogP contribution < -0.4 is 5.43 Å². The first-order valence-electron chi connectivity index (χ1n) is 6.26. The lowest BCUT2D eigenvalue weighted by Gasteiger charge is -2.20. The topological polar surface area (TPSA) is 57.5 Å². The van der Waals surface area contributed by atoms with Crippen LogP contribution >= 0.6 is 0 Å². The molecule has 0 aliphatic heterocycles. The van der Waals surface area contributed by atoms with Crippen LogP contribution in [0.4, 0.5) is 0 Å². The summed E-state index contributed by atoms with van der Waals surface area (Å²) in [6.07, 6.45) is 1.43. The van der Waals surface area contributed by atoms with Gasteiger partial charge in [0.25, 0.3) is 0 Å². The Morgan fingerprint density at radius 3 is 2.50 bits per heavy atom. The van der Waals surface area contributed by atoms with Crippen LogP contribution in [0.5, 0.6) is 0 Å². The monoisotopic (exact) mass is 248 g/mol. The summed E-state index contributed by atoms with van der Waals surface area (Å²) in [6.45, 7) is 6.83. The van der Waals surface area contributed by atoms with Gasteiger partial charge in [-0.25, -0.2) is 0 Å². The summed E-state index contributed by atoms with van der Waals surface area (Å²) in [5.74, 6) is 0. The highest BCUT2D eigenvalue weighted by Crippen LogP contribution is 2.38. The first kappa shape index (κ1) is 13.2. The third-order valence-electron chi connectivity index (χ3n) is 3.80. The third kappa shape index (κ3) is 2.08. The second-order valence-corrected chi connectivity index (χ2v) is 5.97. The molecular formula is C15H20O3. The number of hydrogen-bond donors (Lipinski definition) is 2. The minimum Gasteiger partial charge on any atom is -0.386 e. The van der Waals surface area contributed by atoms with Crippen molar-refractivity contribution >= 4 is 0 Å². The number of aryl methyl sites for hydroxylation is 1. The Hall–Kier alpha value is -1.19.